The Morgan fingerprint density at radius 3 is 2.48 bits per heavy atom. The van der Waals surface area contributed by atoms with E-state index in [0.717, 1.165) is 18.6 Å². The maximum Gasteiger partial charge on any atom is 0.306 e. The van der Waals surface area contributed by atoms with E-state index < -0.39 is 0 Å². The van der Waals surface area contributed by atoms with Crippen molar-refractivity contribution in [2.24, 2.45) is 4.99 Å². The van der Waals surface area contributed by atoms with Crippen LogP contribution in [0, 0.1) is 0 Å². The predicted molar refractivity (Wildman–Crippen MR) is 100 cm³/mol. The van der Waals surface area contributed by atoms with Crippen LogP contribution in [0.4, 0.5) is 0 Å². The number of methoxy groups -OCH3 is 1. The minimum absolute atomic E-state index is 0.190. The molecule has 0 saturated carbocycles. The Kier molecular flexibility index (Phi) is 5.76. The average molecular weight is 346 g/mol. The van der Waals surface area contributed by atoms with Gasteiger partial charge < -0.3 is 14.8 Å². The van der Waals surface area contributed by atoms with E-state index in [2.05, 4.69) is 29.4 Å². The van der Waals surface area contributed by atoms with Gasteiger partial charge in [-0.25, -0.2) is 4.99 Å². The first-order valence-electron chi connectivity index (χ1n) is 8.85. The second-order valence-corrected chi connectivity index (χ2v) is 7.94. The van der Waals surface area contributed by atoms with E-state index in [1.54, 1.807) is 7.11 Å². The number of nitrogens with zero attached hydrogens (tertiary/aromatic N) is 1. The van der Waals surface area contributed by atoms with Crippen molar-refractivity contribution in [2.75, 3.05) is 13.7 Å². The SMILES string of the molecule is CCC(CC(C)(C)NC(=O)C1=NC(C)(C)CO1)c1ccc(OC)cc1. The summed E-state index contributed by atoms with van der Waals surface area (Å²) in [6.07, 6.45) is 1.83. The smallest absolute Gasteiger partial charge is 0.306 e. The second-order valence-electron chi connectivity index (χ2n) is 7.94. The van der Waals surface area contributed by atoms with Gasteiger partial charge in [0.15, 0.2) is 0 Å². The number of rotatable bonds is 7. The Balaban J connectivity index is 2.03. The van der Waals surface area contributed by atoms with Gasteiger partial charge in [0.25, 0.3) is 5.90 Å². The molecular weight excluding hydrogens is 316 g/mol. The third kappa shape index (κ3) is 5.21. The Labute approximate surface area is 150 Å². The summed E-state index contributed by atoms with van der Waals surface area (Å²) in [5.74, 6) is 1.16. The molecule has 0 bridgehead atoms. The fourth-order valence-corrected chi connectivity index (χ4v) is 3.10. The molecule has 2 rings (SSSR count). The summed E-state index contributed by atoms with van der Waals surface area (Å²) >= 11 is 0. The van der Waals surface area contributed by atoms with Crippen LogP contribution >= 0.6 is 0 Å². The van der Waals surface area contributed by atoms with Crippen LogP contribution < -0.4 is 10.1 Å². The zero-order valence-electron chi connectivity index (χ0n) is 16.2. The summed E-state index contributed by atoms with van der Waals surface area (Å²) < 4.78 is 10.7. The van der Waals surface area contributed by atoms with Crippen molar-refractivity contribution in [1.29, 1.82) is 0 Å². The Morgan fingerprint density at radius 1 is 1.36 bits per heavy atom. The Morgan fingerprint density at radius 2 is 2.00 bits per heavy atom. The molecule has 1 aromatic carbocycles. The number of hydrogen-bond acceptors (Lipinski definition) is 4. The molecule has 0 radical (unpaired) electrons. The van der Waals surface area contributed by atoms with E-state index in [-0.39, 0.29) is 22.9 Å². The van der Waals surface area contributed by atoms with Crippen LogP contribution in [0.1, 0.15) is 58.9 Å². The molecule has 0 fully saturated rings. The van der Waals surface area contributed by atoms with Crippen molar-refractivity contribution in [3.63, 3.8) is 0 Å². The van der Waals surface area contributed by atoms with E-state index >= 15 is 0 Å². The number of benzene rings is 1. The zero-order chi connectivity index (χ0) is 18.7. The molecule has 0 spiro atoms. The molecule has 0 aromatic heterocycles. The van der Waals surface area contributed by atoms with Gasteiger partial charge in [0.05, 0.1) is 12.6 Å². The second kappa shape index (κ2) is 7.46. The summed E-state index contributed by atoms with van der Waals surface area (Å²) in [7, 11) is 1.67. The highest BCUT2D eigenvalue weighted by Gasteiger charge is 2.33. The van der Waals surface area contributed by atoms with Crippen LogP contribution in [-0.4, -0.2) is 36.6 Å². The van der Waals surface area contributed by atoms with Crippen LogP contribution in [0.15, 0.2) is 29.3 Å². The highest BCUT2D eigenvalue weighted by atomic mass is 16.5. The first-order valence-corrected chi connectivity index (χ1v) is 8.85. The summed E-state index contributed by atoms with van der Waals surface area (Å²) in [5.41, 5.74) is 0.559. The Hall–Kier alpha value is -2.04. The van der Waals surface area contributed by atoms with Crippen LogP contribution in [0.2, 0.25) is 0 Å². The highest BCUT2D eigenvalue weighted by Crippen LogP contribution is 2.30. The van der Waals surface area contributed by atoms with Gasteiger partial charge in [0, 0.05) is 5.54 Å². The lowest BCUT2D eigenvalue weighted by molar-refractivity contribution is -0.117. The summed E-state index contributed by atoms with van der Waals surface area (Å²) in [6.45, 7) is 10.6. The maximum absolute atomic E-state index is 12.5. The molecule has 0 saturated heterocycles. The van der Waals surface area contributed by atoms with Crippen LogP contribution in [0.5, 0.6) is 5.75 Å². The van der Waals surface area contributed by atoms with E-state index in [0.29, 0.717) is 12.5 Å². The fourth-order valence-electron chi connectivity index (χ4n) is 3.10. The Bertz CT molecular complexity index is 633. The topological polar surface area (TPSA) is 59.9 Å². The molecule has 138 valence electrons. The lowest BCUT2D eigenvalue weighted by atomic mass is 9.84. The molecule has 1 unspecified atom stereocenters. The van der Waals surface area contributed by atoms with Gasteiger partial charge in [0.2, 0.25) is 0 Å². The van der Waals surface area contributed by atoms with E-state index in [4.69, 9.17) is 9.47 Å². The lowest BCUT2D eigenvalue weighted by Gasteiger charge is -2.30. The van der Waals surface area contributed by atoms with Gasteiger partial charge in [-0.3, -0.25) is 4.79 Å². The molecule has 1 aliphatic rings. The monoisotopic (exact) mass is 346 g/mol. The molecule has 25 heavy (non-hydrogen) atoms. The molecule has 1 amide bonds. The number of nitrogens with one attached hydrogen (secondary N) is 1. The minimum Gasteiger partial charge on any atom is -0.497 e. The number of amides is 1. The predicted octanol–water partition coefficient (Wildman–Crippen LogP) is 3.68. The summed E-state index contributed by atoms with van der Waals surface area (Å²) in [5, 5.41) is 3.07. The number of ether oxygens (including phenoxy) is 2. The minimum atomic E-state index is -0.365. The molecule has 1 aromatic rings. The van der Waals surface area contributed by atoms with Crippen molar-refractivity contribution in [1.82, 2.24) is 5.32 Å². The summed E-state index contributed by atoms with van der Waals surface area (Å²) in [4.78, 5) is 16.8. The standard InChI is InChI=1S/C20H30N2O3/c1-7-14(15-8-10-16(24-6)11-9-15)12-19(2,3)21-17(23)18-22-20(4,5)13-25-18/h8-11,14H,7,12-13H2,1-6H3,(H,21,23). The van der Waals surface area contributed by atoms with Crippen LogP contribution in [-0.2, 0) is 9.53 Å². The van der Waals surface area contributed by atoms with Crippen molar-refractivity contribution in [2.45, 2.75) is 64.5 Å². The molecule has 1 aliphatic heterocycles. The first-order chi connectivity index (χ1) is 11.7. The number of hydrogen-bond donors (Lipinski definition) is 1. The zero-order valence-corrected chi connectivity index (χ0v) is 16.2. The molecule has 0 aliphatic carbocycles. The summed E-state index contributed by atoms with van der Waals surface area (Å²) in [6, 6.07) is 8.15. The van der Waals surface area contributed by atoms with E-state index in [9.17, 15) is 4.79 Å². The maximum atomic E-state index is 12.5. The fraction of sp³-hybridized carbons (Fsp3) is 0.600. The van der Waals surface area contributed by atoms with Crippen molar-refractivity contribution < 1.29 is 14.3 Å². The van der Waals surface area contributed by atoms with Crippen molar-refractivity contribution >= 4 is 11.8 Å². The molecule has 1 atom stereocenters. The number of carbonyl (C=O) groups excluding carboxylic acids is 1. The van der Waals surface area contributed by atoms with Gasteiger partial charge in [-0.2, -0.15) is 0 Å². The van der Waals surface area contributed by atoms with Crippen molar-refractivity contribution in [3.05, 3.63) is 29.8 Å². The average Bonchev–Trinajstić information content (AvgIpc) is 2.92. The third-order valence-corrected chi connectivity index (χ3v) is 4.45. The molecular formula is C20H30N2O3. The normalized spacial score (nSPS) is 17.4. The highest BCUT2D eigenvalue weighted by molar-refractivity contribution is 6.35. The molecule has 1 N–H and O–H groups in total. The number of aliphatic imine (C=N–C) groups is 1. The lowest BCUT2D eigenvalue weighted by Crippen LogP contribution is -2.47. The van der Waals surface area contributed by atoms with Gasteiger partial charge in [-0.1, -0.05) is 19.1 Å². The van der Waals surface area contributed by atoms with E-state index in [1.165, 1.54) is 5.56 Å². The van der Waals surface area contributed by atoms with E-state index in [1.807, 2.05) is 39.8 Å². The first kappa shape index (κ1) is 19.3. The largest absolute Gasteiger partial charge is 0.497 e. The third-order valence-electron chi connectivity index (χ3n) is 4.45. The molecule has 1 heterocycles. The van der Waals surface area contributed by atoms with Crippen LogP contribution in [0.3, 0.4) is 0 Å². The van der Waals surface area contributed by atoms with Crippen molar-refractivity contribution in [3.8, 4) is 5.75 Å². The molecule has 5 nitrogen and oxygen atoms in total. The van der Waals surface area contributed by atoms with Gasteiger partial charge in [0.1, 0.15) is 12.4 Å². The quantitative estimate of drug-likeness (QED) is 0.819. The van der Waals surface area contributed by atoms with Gasteiger partial charge in [-0.05, 0) is 64.2 Å². The van der Waals surface area contributed by atoms with Gasteiger partial charge in [-0.15, -0.1) is 0 Å². The van der Waals surface area contributed by atoms with Crippen LogP contribution in [0.25, 0.3) is 0 Å². The number of carbonyl (C=O) groups is 1. The molecule has 5 heteroatoms. The van der Waals surface area contributed by atoms with Gasteiger partial charge >= 0.3 is 5.91 Å².